The van der Waals surface area contributed by atoms with Crippen molar-refractivity contribution < 1.29 is 4.74 Å². The van der Waals surface area contributed by atoms with Crippen LogP contribution in [-0.2, 0) is 17.7 Å². The second-order valence-corrected chi connectivity index (χ2v) is 5.96. The molecule has 132 valence electrons. The summed E-state index contributed by atoms with van der Waals surface area (Å²) in [7, 11) is 0. The molecule has 0 bridgehead atoms. The molecular weight excluding hydrogens is 314 g/mol. The van der Waals surface area contributed by atoms with Crippen LogP contribution in [0.2, 0.25) is 0 Å². The highest BCUT2D eigenvalue weighted by Crippen LogP contribution is 2.19. The van der Waals surface area contributed by atoms with Gasteiger partial charge in [-0.3, -0.25) is 0 Å². The number of ether oxygens (including phenoxy) is 1. The van der Waals surface area contributed by atoms with Gasteiger partial charge in [-0.15, -0.1) is 0 Å². The SMILES string of the molecule is CCc1ccc(NC(N)=NCc2cccnc2N2CCOCC2)cc1. The van der Waals surface area contributed by atoms with Crippen LogP contribution in [0.25, 0.3) is 0 Å². The number of nitrogens with one attached hydrogen (secondary N) is 1. The third-order valence-corrected chi connectivity index (χ3v) is 4.23. The Labute approximate surface area is 148 Å². The number of aromatic nitrogens is 1. The Morgan fingerprint density at radius 2 is 2.00 bits per heavy atom. The summed E-state index contributed by atoms with van der Waals surface area (Å²) in [5, 5.41) is 3.14. The number of hydrogen-bond acceptors (Lipinski definition) is 4. The fraction of sp³-hybridized carbons (Fsp3) is 0.368. The Morgan fingerprint density at radius 3 is 2.72 bits per heavy atom. The molecule has 1 fully saturated rings. The van der Waals surface area contributed by atoms with Crippen LogP contribution in [0.5, 0.6) is 0 Å². The smallest absolute Gasteiger partial charge is 0.193 e. The summed E-state index contributed by atoms with van der Waals surface area (Å²) in [4.78, 5) is 11.2. The van der Waals surface area contributed by atoms with Gasteiger partial charge in [0.2, 0.25) is 0 Å². The van der Waals surface area contributed by atoms with E-state index in [1.807, 2.05) is 30.5 Å². The minimum Gasteiger partial charge on any atom is -0.378 e. The van der Waals surface area contributed by atoms with Crippen molar-refractivity contribution in [1.82, 2.24) is 4.98 Å². The predicted molar refractivity (Wildman–Crippen MR) is 102 cm³/mol. The molecule has 3 N–H and O–H groups in total. The molecule has 1 aromatic heterocycles. The van der Waals surface area contributed by atoms with Gasteiger partial charge in [0, 0.05) is 30.5 Å². The van der Waals surface area contributed by atoms with Gasteiger partial charge in [0.1, 0.15) is 5.82 Å². The number of aliphatic imine (C=N–C) groups is 1. The average Bonchev–Trinajstić information content (AvgIpc) is 2.68. The van der Waals surface area contributed by atoms with Gasteiger partial charge in [-0.2, -0.15) is 0 Å². The summed E-state index contributed by atoms with van der Waals surface area (Å²) >= 11 is 0. The van der Waals surface area contributed by atoms with Crippen molar-refractivity contribution in [3.63, 3.8) is 0 Å². The van der Waals surface area contributed by atoms with Crippen molar-refractivity contribution >= 4 is 17.5 Å². The van der Waals surface area contributed by atoms with Gasteiger partial charge in [0.05, 0.1) is 19.8 Å². The van der Waals surface area contributed by atoms with Crippen molar-refractivity contribution in [2.45, 2.75) is 19.9 Å². The van der Waals surface area contributed by atoms with Crippen molar-refractivity contribution in [2.75, 3.05) is 36.5 Å². The van der Waals surface area contributed by atoms with E-state index >= 15 is 0 Å². The van der Waals surface area contributed by atoms with Gasteiger partial charge in [0.25, 0.3) is 0 Å². The Bertz CT molecular complexity index is 708. The minimum atomic E-state index is 0.404. The zero-order valence-corrected chi connectivity index (χ0v) is 14.6. The summed E-state index contributed by atoms with van der Waals surface area (Å²) in [5.74, 6) is 1.37. The number of hydrogen-bond donors (Lipinski definition) is 2. The first-order valence-corrected chi connectivity index (χ1v) is 8.68. The maximum Gasteiger partial charge on any atom is 0.193 e. The monoisotopic (exact) mass is 339 g/mol. The molecule has 25 heavy (non-hydrogen) atoms. The molecule has 1 saturated heterocycles. The van der Waals surface area contributed by atoms with Gasteiger partial charge in [-0.1, -0.05) is 25.1 Å². The Hall–Kier alpha value is -2.60. The molecule has 1 aromatic carbocycles. The standard InChI is InChI=1S/C19H25N5O/c1-2-15-5-7-17(8-6-15)23-19(20)22-14-16-4-3-9-21-18(16)24-10-12-25-13-11-24/h3-9H,2,10-14H2,1H3,(H3,20,22,23). The zero-order chi connectivity index (χ0) is 17.5. The molecule has 0 atom stereocenters. The second kappa shape index (κ2) is 8.48. The lowest BCUT2D eigenvalue weighted by Gasteiger charge is -2.29. The van der Waals surface area contributed by atoms with E-state index in [0.29, 0.717) is 12.5 Å². The summed E-state index contributed by atoms with van der Waals surface area (Å²) in [6.07, 6.45) is 2.84. The topological polar surface area (TPSA) is 75.8 Å². The molecule has 1 aliphatic rings. The predicted octanol–water partition coefficient (Wildman–Crippen LogP) is 2.41. The first kappa shape index (κ1) is 17.2. The first-order chi connectivity index (χ1) is 12.3. The van der Waals surface area contributed by atoms with E-state index in [1.165, 1.54) is 5.56 Å². The molecular formula is C19H25N5O. The maximum atomic E-state index is 6.04. The summed E-state index contributed by atoms with van der Waals surface area (Å²) < 4.78 is 5.42. The molecule has 6 heteroatoms. The van der Waals surface area contributed by atoms with Crippen LogP contribution in [0.4, 0.5) is 11.5 Å². The van der Waals surface area contributed by atoms with E-state index < -0.39 is 0 Å². The van der Waals surface area contributed by atoms with Crippen LogP contribution in [0, 0.1) is 0 Å². The summed E-state index contributed by atoms with van der Waals surface area (Å²) in [5.41, 5.74) is 9.34. The van der Waals surface area contributed by atoms with E-state index in [9.17, 15) is 0 Å². The average molecular weight is 339 g/mol. The minimum absolute atomic E-state index is 0.404. The number of pyridine rings is 1. The molecule has 0 saturated carbocycles. The first-order valence-electron chi connectivity index (χ1n) is 8.68. The normalized spacial score (nSPS) is 15.2. The molecule has 0 radical (unpaired) electrons. The molecule has 2 heterocycles. The van der Waals surface area contributed by atoms with Gasteiger partial charge in [-0.05, 0) is 30.2 Å². The van der Waals surface area contributed by atoms with Crippen LogP contribution < -0.4 is 16.0 Å². The number of nitrogens with zero attached hydrogens (tertiary/aromatic N) is 3. The fourth-order valence-electron chi connectivity index (χ4n) is 2.80. The van der Waals surface area contributed by atoms with Crippen molar-refractivity contribution in [1.29, 1.82) is 0 Å². The molecule has 1 aliphatic heterocycles. The second-order valence-electron chi connectivity index (χ2n) is 5.96. The lowest BCUT2D eigenvalue weighted by Crippen LogP contribution is -2.37. The van der Waals surface area contributed by atoms with Crippen LogP contribution in [0.1, 0.15) is 18.1 Å². The summed E-state index contributed by atoms with van der Waals surface area (Å²) in [6, 6.07) is 12.2. The van der Waals surface area contributed by atoms with E-state index in [2.05, 4.69) is 39.2 Å². The van der Waals surface area contributed by atoms with E-state index in [1.54, 1.807) is 0 Å². The molecule has 3 rings (SSSR count). The number of anilines is 2. The number of nitrogens with two attached hydrogens (primary N) is 1. The Kier molecular flexibility index (Phi) is 5.85. The highest BCUT2D eigenvalue weighted by atomic mass is 16.5. The quantitative estimate of drug-likeness (QED) is 0.646. The number of guanidine groups is 1. The number of aryl methyl sites for hydroxylation is 1. The van der Waals surface area contributed by atoms with Crippen LogP contribution in [0.15, 0.2) is 47.6 Å². The van der Waals surface area contributed by atoms with Crippen molar-refractivity contribution in [2.24, 2.45) is 10.7 Å². The van der Waals surface area contributed by atoms with Gasteiger partial charge in [-0.25, -0.2) is 9.98 Å². The third-order valence-electron chi connectivity index (χ3n) is 4.23. The molecule has 2 aromatic rings. The zero-order valence-electron chi connectivity index (χ0n) is 14.6. The maximum absolute atomic E-state index is 6.04. The van der Waals surface area contributed by atoms with E-state index in [4.69, 9.17) is 10.5 Å². The van der Waals surface area contributed by atoms with E-state index in [0.717, 1.165) is 49.8 Å². The molecule has 6 nitrogen and oxygen atoms in total. The number of morpholine rings is 1. The summed E-state index contributed by atoms with van der Waals surface area (Å²) in [6.45, 7) is 5.80. The van der Waals surface area contributed by atoms with Crippen molar-refractivity contribution in [3.05, 3.63) is 53.7 Å². The highest BCUT2D eigenvalue weighted by Gasteiger charge is 2.15. The largest absolute Gasteiger partial charge is 0.378 e. The van der Waals surface area contributed by atoms with Crippen LogP contribution >= 0.6 is 0 Å². The molecule has 0 unspecified atom stereocenters. The lowest BCUT2D eigenvalue weighted by molar-refractivity contribution is 0.122. The van der Waals surface area contributed by atoms with Crippen molar-refractivity contribution in [3.8, 4) is 0 Å². The highest BCUT2D eigenvalue weighted by molar-refractivity contribution is 5.92. The molecule has 0 amide bonds. The molecule has 0 spiro atoms. The van der Waals surface area contributed by atoms with Gasteiger partial charge in [0.15, 0.2) is 5.96 Å². The number of benzene rings is 1. The number of rotatable bonds is 5. The van der Waals surface area contributed by atoms with Crippen LogP contribution in [0.3, 0.4) is 0 Å². The van der Waals surface area contributed by atoms with Crippen LogP contribution in [-0.4, -0.2) is 37.2 Å². The molecule has 0 aliphatic carbocycles. The lowest BCUT2D eigenvalue weighted by atomic mass is 10.1. The Morgan fingerprint density at radius 1 is 1.24 bits per heavy atom. The van der Waals surface area contributed by atoms with E-state index in [-0.39, 0.29) is 0 Å². The fourth-order valence-corrected chi connectivity index (χ4v) is 2.80. The van der Waals surface area contributed by atoms with Gasteiger partial charge < -0.3 is 20.7 Å². The van der Waals surface area contributed by atoms with Gasteiger partial charge >= 0.3 is 0 Å². The third kappa shape index (κ3) is 4.70. The Balaban J connectivity index is 1.66.